The Balaban J connectivity index is 1.40. The maximum absolute atomic E-state index is 12.4. The van der Waals surface area contributed by atoms with Crippen LogP contribution >= 0.6 is 11.6 Å². The summed E-state index contributed by atoms with van der Waals surface area (Å²) in [6, 6.07) is 10.8. The summed E-state index contributed by atoms with van der Waals surface area (Å²) in [7, 11) is 0. The van der Waals surface area contributed by atoms with Gasteiger partial charge in [-0.05, 0) is 55.3 Å². The normalized spacial score (nSPS) is 24.8. The zero-order valence-electron chi connectivity index (χ0n) is 13.1. The van der Waals surface area contributed by atoms with Gasteiger partial charge in [-0.1, -0.05) is 11.6 Å². The number of pyridine rings is 1. The van der Waals surface area contributed by atoms with Gasteiger partial charge in [0.2, 0.25) is 0 Å². The molecule has 124 valence electrons. The number of nitrogens with one attached hydrogen (secondary N) is 1. The monoisotopic (exact) mass is 343 g/mol. The first-order valence-corrected chi connectivity index (χ1v) is 8.48. The number of hydrogen-bond acceptors (Lipinski definition) is 4. The minimum absolute atomic E-state index is 0.0280. The van der Waals surface area contributed by atoms with Gasteiger partial charge in [-0.3, -0.25) is 4.79 Å². The molecule has 1 N–H and O–H groups in total. The lowest BCUT2D eigenvalue weighted by Gasteiger charge is -2.23. The van der Waals surface area contributed by atoms with Gasteiger partial charge in [0.15, 0.2) is 10.9 Å². The Morgan fingerprint density at radius 3 is 2.75 bits per heavy atom. The van der Waals surface area contributed by atoms with Crippen LogP contribution in [0.1, 0.15) is 16.8 Å². The highest BCUT2D eigenvalue weighted by molar-refractivity contribution is 6.30. The van der Waals surface area contributed by atoms with E-state index in [4.69, 9.17) is 16.3 Å². The van der Waals surface area contributed by atoms with Crippen molar-refractivity contribution in [1.82, 2.24) is 15.2 Å². The molecule has 4 rings (SSSR count). The molecule has 2 aliphatic heterocycles. The van der Waals surface area contributed by atoms with Gasteiger partial charge in [0.05, 0.1) is 0 Å². The highest BCUT2D eigenvalue weighted by Gasteiger charge is 2.38. The van der Waals surface area contributed by atoms with Gasteiger partial charge in [0.25, 0.3) is 5.91 Å². The zero-order chi connectivity index (χ0) is 16.5. The van der Waals surface area contributed by atoms with Crippen LogP contribution in [-0.2, 0) is 0 Å². The van der Waals surface area contributed by atoms with E-state index < -0.39 is 0 Å². The van der Waals surface area contributed by atoms with Crippen LogP contribution in [0.15, 0.2) is 42.6 Å². The summed E-state index contributed by atoms with van der Waals surface area (Å²) >= 11 is 5.98. The Labute approximate surface area is 145 Å². The third-order valence-corrected chi connectivity index (χ3v) is 5.00. The van der Waals surface area contributed by atoms with Crippen LogP contribution in [0.3, 0.4) is 0 Å². The molecule has 2 aromatic rings. The Morgan fingerprint density at radius 1 is 1.25 bits per heavy atom. The van der Waals surface area contributed by atoms with Gasteiger partial charge in [-0.15, -0.1) is 0 Å². The van der Waals surface area contributed by atoms with E-state index in [1.54, 1.807) is 42.6 Å². The second kappa shape index (κ2) is 6.42. The molecule has 2 fully saturated rings. The number of nitrogens with zero attached hydrogens (tertiary/aromatic N) is 2. The van der Waals surface area contributed by atoms with E-state index in [-0.39, 0.29) is 11.9 Å². The first-order valence-electron chi connectivity index (χ1n) is 8.11. The van der Waals surface area contributed by atoms with Crippen molar-refractivity contribution in [3.63, 3.8) is 0 Å². The smallest absolute Gasteiger partial charge is 0.251 e. The van der Waals surface area contributed by atoms with Crippen LogP contribution in [0.5, 0.6) is 11.5 Å². The number of rotatable bonds is 4. The number of carbonyl (C=O) groups is 1. The number of aromatic nitrogens is 1. The summed E-state index contributed by atoms with van der Waals surface area (Å²) in [4.78, 5) is 18.8. The predicted molar refractivity (Wildman–Crippen MR) is 91.6 cm³/mol. The summed E-state index contributed by atoms with van der Waals surface area (Å²) in [6.07, 6.45) is 2.79. The number of halogens is 1. The molecular formula is C18H18ClN3O2. The van der Waals surface area contributed by atoms with E-state index >= 15 is 0 Å². The molecular weight excluding hydrogens is 326 g/mol. The predicted octanol–water partition coefficient (Wildman–Crippen LogP) is 2.96. The number of fused-ring (bicyclic) bond motifs is 2. The fourth-order valence-electron chi connectivity index (χ4n) is 3.45. The summed E-state index contributed by atoms with van der Waals surface area (Å²) in [5.74, 6) is 1.68. The fraction of sp³-hybridized carbons (Fsp3) is 0.333. The molecule has 1 aromatic heterocycles. The van der Waals surface area contributed by atoms with E-state index in [2.05, 4.69) is 15.2 Å². The topological polar surface area (TPSA) is 54.5 Å². The van der Waals surface area contributed by atoms with E-state index in [1.807, 2.05) is 0 Å². The van der Waals surface area contributed by atoms with Crippen molar-refractivity contribution in [2.24, 2.45) is 5.92 Å². The number of piperidine rings is 1. The summed E-state index contributed by atoms with van der Waals surface area (Å²) in [6.45, 7) is 3.25. The maximum Gasteiger partial charge on any atom is 0.251 e. The third kappa shape index (κ3) is 3.09. The summed E-state index contributed by atoms with van der Waals surface area (Å²) in [5, 5.41) is 3.46. The Morgan fingerprint density at radius 2 is 2.08 bits per heavy atom. The third-order valence-electron chi connectivity index (χ3n) is 4.72. The molecule has 0 spiro atoms. The highest BCUT2D eigenvalue weighted by Crippen LogP contribution is 2.29. The number of hydrogen-bond donors (Lipinski definition) is 1. The first-order chi connectivity index (χ1) is 11.7. The molecule has 0 radical (unpaired) electrons. The molecule has 0 aliphatic carbocycles. The van der Waals surface area contributed by atoms with Crippen molar-refractivity contribution in [3.05, 3.63) is 53.3 Å². The Bertz CT molecular complexity index is 750. The zero-order valence-corrected chi connectivity index (χ0v) is 13.9. The van der Waals surface area contributed by atoms with Crippen LogP contribution in [-0.4, -0.2) is 41.5 Å². The molecule has 0 saturated carbocycles. The van der Waals surface area contributed by atoms with E-state index in [1.165, 1.54) is 13.0 Å². The van der Waals surface area contributed by atoms with Crippen molar-refractivity contribution >= 4 is 17.5 Å². The van der Waals surface area contributed by atoms with Crippen LogP contribution in [0.4, 0.5) is 0 Å². The number of carbonyl (C=O) groups excluding carboxylic acids is 1. The average molecular weight is 344 g/mol. The van der Waals surface area contributed by atoms with Crippen molar-refractivity contribution in [2.75, 3.05) is 19.6 Å². The lowest BCUT2D eigenvalue weighted by Crippen LogP contribution is -2.43. The van der Waals surface area contributed by atoms with Crippen molar-refractivity contribution in [2.45, 2.75) is 12.5 Å². The molecule has 1 amide bonds. The summed E-state index contributed by atoms with van der Waals surface area (Å²) < 4.78 is 5.68. The number of benzene rings is 1. The quantitative estimate of drug-likeness (QED) is 0.867. The number of amides is 1. The largest absolute Gasteiger partial charge is 0.454 e. The van der Waals surface area contributed by atoms with Crippen molar-refractivity contribution in [1.29, 1.82) is 0 Å². The molecule has 24 heavy (non-hydrogen) atoms. The van der Waals surface area contributed by atoms with Gasteiger partial charge in [0.1, 0.15) is 5.75 Å². The minimum atomic E-state index is -0.0280. The van der Waals surface area contributed by atoms with E-state index in [0.717, 1.165) is 13.1 Å². The van der Waals surface area contributed by atoms with Crippen LogP contribution in [0, 0.1) is 5.92 Å². The van der Waals surface area contributed by atoms with Crippen LogP contribution in [0.25, 0.3) is 0 Å². The van der Waals surface area contributed by atoms with Crippen molar-refractivity contribution in [3.8, 4) is 11.5 Å². The second-order valence-corrected chi connectivity index (χ2v) is 6.67. The van der Waals surface area contributed by atoms with E-state index in [0.29, 0.717) is 28.1 Å². The molecule has 2 bridgehead atoms. The molecule has 3 heterocycles. The van der Waals surface area contributed by atoms with Crippen LogP contribution < -0.4 is 10.1 Å². The van der Waals surface area contributed by atoms with Gasteiger partial charge < -0.3 is 15.0 Å². The average Bonchev–Trinajstić information content (AvgIpc) is 3.20. The lowest BCUT2D eigenvalue weighted by atomic mass is 9.99. The highest BCUT2D eigenvalue weighted by atomic mass is 35.5. The Hall–Kier alpha value is -2.11. The number of ether oxygens (including phenoxy) is 1. The maximum atomic E-state index is 12.4. The first kappa shape index (κ1) is 15.4. The lowest BCUT2D eigenvalue weighted by molar-refractivity contribution is 0.0924. The fourth-order valence-corrected chi connectivity index (χ4v) is 3.61. The van der Waals surface area contributed by atoms with Gasteiger partial charge in [-0.2, -0.15) is 0 Å². The van der Waals surface area contributed by atoms with E-state index in [9.17, 15) is 4.79 Å². The minimum Gasteiger partial charge on any atom is -0.454 e. The molecule has 3 atom stereocenters. The molecule has 2 saturated heterocycles. The molecule has 1 aromatic carbocycles. The Kier molecular flexibility index (Phi) is 4.12. The van der Waals surface area contributed by atoms with Gasteiger partial charge in [-0.25, -0.2) is 4.98 Å². The molecule has 5 nitrogen and oxygen atoms in total. The molecule has 6 heteroatoms. The van der Waals surface area contributed by atoms with Crippen molar-refractivity contribution < 1.29 is 9.53 Å². The summed E-state index contributed by atoms with van der Waals surface area (Å²) in [5.41, 5.74) is 0.636. The standard InChI is InChI=1S/C18H18ClN3O2/c19-17-16(2-1-8-20-17)24-14-5-3-12(4-6-14)18(23)21-15-11-22-9-7-13(15)10-22/h1-6,8,13,15H,7,9-11H2,(H,21,23)/t13-,15?/m0/s1. The SMILES string of the molecule is O=C(NC1CN2CC[C@H]1C2)c1ccc(Oc2cccnc2Cl)cc1. The molecule has 2 unspecified atom stereocenters. The van der Waals surface area contributed by atoms with Crippen LogP contribution in [0.2, 0.25) is 5.15 Å². The molecule has 2 aliphatic rings. The van der Waals surface area contributed by atoms with Gasteiger partial charge >= 0.3 is 0 Å². The second-order valence-electron chi connectivity index (χ2n) is 6.31. The van der Waals surface area contributed by atoms with Gasteiger partial charge in [0, 0.05) is 30.9 Å².